The van der Waals surface area contributed by atoms with Crippen LogP contribution >= 0.6 is 12.4 Å². The van der Waals surface area contributed by atoms with Crippen molar-refractivity contribution in [2.24, 2.45) is 0 Å². The average molecular weight is 567 g/mol. The Morgan fingerprint density at radius 3 is 2.28 bits per heavy atom. The van der Waals surface area contributed by atoms with Crippen molar-refractivity contribution in [2.45, 2.75) is 51.8 Å². The summed E-state index contributed by atoms with van der Waals surface area (Å²) in [5, 5.41) is 16.8. The maximum atomic E-state index is 13.8. The fourth-order valence-corrected chi connectivity index (χ4v) is 4.51. The number of hydrogen-bond donors (Lipinski definition) is 3. The van der Waals surface area contributed by atoms with Crippen LogP contribution in [0.15, 0.2) is 42.5 Å². The van der Waals surface area contributed by atoms with Crippen molar-refractivity contribution >= 4 is 30.1 Å². The van der Waals surface area contributed by atoms with Crippen LogP contribution in [0.1, 0.15) is 37.0 Å². The molecule has 1 fully saturated rings. The Morgan fingerprint density at radius 2 is 1.62 bits per heavy atom. The van der Waals surface area contributed by atoms with Crippen LogP contribution in [0.2, 0.25) is 0 Å². The monoisotopic (exact) mass is 566 g/mol. The van der Waals surface area contributed by atoms with E-state index in [2.05, 4.69) is 23.6 Å². The van der Waals surface area contributed by atoms with Crippen LogP contribution in [0.4, 0.5) is 8.78 Å². The minimum atomic E-state index is -1.10. The second kappa shape index (κ2) is 15.5. The van der Waals surface area contributed by atoms with E-state index in [0.29, 0.717) is 19.6 Å². The first-order chi connectivity index (χ1) is 18.2. The van der Waals surface area contributed by atoms with E-state index in [1.165, 1.54) is 15.4 Å². The average Bonchev–Trinajstić information content (AvgIpc) is 2.87. The van der Waals surface area contributed by atoms with Gasteiger partial charge in [0.2, 0.25) is 5.91 Å². The molecule has 1 aliphatic rings. The van der Waals surface area contributed by atoms with Gasteiger partial charge < -0.3 is 25.5 Å². The number of halogens is 3. The molecule has 1 aliphatic heterocycles. The van der Waals surface area contributed by atoms with Gasteiger partial charge >= 0.3 is 11.8 Å². The van der Waals surface area contributed by atoms with E-state index in [1.54, 1.807) is 0 Å². The molecule has 2 atom stereocenters. The predicted octanol–water partition coefficient (Wildman–Crippen LogP) is 2.21. The highest BCUT2D eigenvalue weighted by Gasteiger charge is 2.33. The third-order valence-corrected chi connectivity index (χ3v) is 6.50. The maximum Gasteiger partial charge on any atom is 0.312 e. The van der Waals surface area contributed by atoms with Crippen molar-refractivity contribution in [2.75, 3.05) is 32.7 Å². The fourth-order valence-electron chi connectivity index (χ4n) is 4.51. The second-order valence-electron chi connectivity index (χ2n) is 9.55. The van der Waals surface area contributed by atoms with Crippen molar-refractivity contribution < 1.29 is 28.3 Å². The number of piperazine rings is 1. The molecule has 2 aromatic carbocycles. The van der Waals surface area contributed by atoms with Crippen LogP contribution in [0.5, 0.6) is 0 Å². The number of benzene rings is 2. The van der Waals surface area contributed by atoms with Crippen LogP contribution in [0.25, 0.3) is 0 Å². The molecule has 0 unspecified atom stereocenters. The van der Waals surface area contributed by atoms with Gasteiger partial charge in [-0.25, -0.2) is 8.78 Å². The van der Waals surface area contributed by atoms with Gasteiger partial charge in [0.15, 0.2) is 0 Å². The normalized spacial score (nSPS) is 15.1. The van der Waals surface area contributed by atoms with E-state index in [4.69, 9.17) is 0 Å². The molecule has 11 heteroatoms. The molecule has 3 N–H and O–H groups in total. The first kappa shape index (κ1) is 32.1. The summed E-state index contributed by atoms with van der Waals surface area (Å²) in [6.45, 7) is 5.23. The quantitative estimate of drug-likeness (QED) is 0.323. The predicted molar refractivity (Wildman–Crippen MR) is 146 cm³/mol. The van der Waals surface area contributed by atoms with Crippen molar-refractivity contribution in [1.29, 1.82) is 0 Å². The highest BCUT2D eigenvalue weighted by Crippen LogP contribution is 2.13. The largest absolute Gasteiger partial charge is 0.390 e. The minimum Gasteiger partial charge on any atom is -0.390 e. The zero-order valence-corrected chi connectivity index (χ0v) is 23.1. The molecular formula is C28H37ClF2N4O4. The summed E-state index contributed by atoms with van der Waals surface area (Å²) in [4.78, 5) is 40.3. The van der Waals surface area contributed by atoms with Crippen molar-refractivity contribution in [3.63, 3.8) is 0 Å². The summed E-state index contributed by atoms with van der Waals surface area (Å²) >= 11 is 0. The molecule has 3 rings (SSSR count). The number of carbonyl (C=O) groups excluding carboxylic acids is 3. The van der Waals surface area contributed by atoms with Gasteiger partial charge in [-0.1, -0.05) is 38.1 Å². The molecule has 39 heavy (non-hydrogen) atoms. The number of hydrogen-bond acceptors (Lipinski definition) is 5. The lowest BCUT2D eigenvalue weighted by Gasteiger charge is -2.33. The highest BCUT2D eigenvalue weighted by atomic mass is 35.5. The summed E-state index contributed by atoms with van der Waals surface area (Å²) < 4.78 is 27.6. The van der Waals surface area contributed by atoms with Gasteiger partial charge in [0.05, 0.1) is 12.1 Å². The van der Waals surface area contributed by atoms with E-state index in [0.717, 1.165) is 36.6 Å². The number of nitrogens with zero attached hydrogens (tertiary/aromatic N) is 2. The molecule has 0 bridgehead atoms. The molecule has 0 spiro atoms. The number of aryl methyl sites for hydroxylation is 1. The smallest absolute Gasteiger partial charge is 0.312 e. The lowest BCUT2D eigenvalue weighted by molar-refractivity contribution is -0.157. The third-order valence-electron chi connectivity index (χ3n) is 6.50. The van der Waals surface area contributed by atoms with Gasteiger partial charge in [-0.2, -0.15) is 0 Å². The SMILES string of the molecule is CCCN1CCN(CC(=O)N[C@@H](Cc2cc(F)cc(F)c2)[C@@H](O)CNCc2cccc(CC)c2)C(=O)C1=O.Cl. The fraction of sp³-hybridized carbons (Fsp3) is 0.464. The van der Waals surface area contributed by atoms with Gasteiger partial charge in [0, 0.05) is 38.8 Å². The van der Waals surface area contributed by atoms with Gasteiger partial charge in [-0.3, -0.25) is 14.4 Å². The van der Waals surface area contributed by atoms with Crippen LogP contribution < -0.4 is 10.6 Å². The Morgan fingerprint density at radius 1 is 0.974 bits per heavy atom. The molecule has 0 aliphatic carbocycles. The molecule has 3 amide bonds. The van der Waals surface area contributed by atoms with E-state index in [1.807, 2.05) is 25.1 Å². The first-order valence-electron chi connectivity index (χ1n) is 13.0. The van der Waals surface area contributed by atoms with Crippen molar-refractivity contribution in [3.8, 4) is 0 Å². The lowest BCUT2D eigenvalue weighted by atomic mass is 10.0. The summed E-state index contributed by atoms with van der Waals surface area (Å²) in [6.07, 6.45) is 0.485. The van der Waals surface area contributed by atoms with Crippen LogP contribution in [0.3, 0.4) is 0 Å². The minimum absolute atomic E-state index is 0. The van der Waals surface area contributed by atoms with E-state index >= 15 is 0 Å². The summed E-state index contributed by atoms with van der Waals surface area (Å²) in [5.41, 5.74) is 2.49. The Kier molecular flexibility index (Phi) is 12.8. The number of rotatable bonds is 13. The number of aliphatic hydroxyl groups is 1. The Labute approximate surface area is 234 Å². The Balaban J connectivity index is 0.00000533. The number of carbonyl (C=O) groups is 3. The first-order valence-corrected chi connectivity index (χ1v) is 13.0. The Bertz CT molecular complexity index is 1120. The van der Waals surface area contributed by atoms with E-state index in [-0.39, 0.29) is 44.0 Å². The molecule has 0 radical (unpaired) electrons. The standard InChI is InChI=1S/C28H36F2N4O4.ClH/c1-3-8-33-9-10-34(28(38)27(33)37)18-26(36)32-24(14-21-12-22(29)15-23(30)13-21)25(35)17-31-16-20-7-5-6-19(4-2)11-20;/h5-7,11-13,15,24-25,31,35H,3-4,8-10,14,16-18H2,1-2H3,(H,32,36);1H/t24-,25-;/m0./s1. The maximum absolute atomic E-state index is 13.8. The topological polar surface area (TPSA) is 102 Å². The van der Waals surface area contributed by atoms with Crippen molar-refractivity contribution in [3.05, 3.63) is 70.8 Å². The molecule has 1 heterocycles. The van der Waals surface area contributed by atoms with Gasteiger partial charge in [-0.15, -0.1) is 12.4 Å². The second-order valence-corrected chi connectivity index (χ2v) is 9.55. The molecule has 0 aromatic heterocycles. The molecule has 2 aromatic rings. The summed E-state index contributed by atoms with van der Waals surface area (Å²) in [6, 6.07) is 10.2. The third kappa shape index (κ3) is 9.56. The summed E-state index contributed by atoms with van der Waals surface area (Å²) in [7, 11) is 0. The van der Waals surface area contributed by atoms with Gasteiger partial charge in [0.1, 0.15) is 18.2 Å². The van der Waals surface area contributed by atoms with Crippen LogP contribution in [-0.4, -0.2) is 77.5 Å². The number of aliphatic hydroxyl groups excluding tert-OH is 1. The van der Waals surface area contributed by atoms with Gasteiger partial charge in [-0.05, 0) is 48.1 Å². The molecule has 1 saturated heterocycles. The lowest BCUT2D eigenvalue weighted by Crippen LogP contribution is -2.57. The molecule has 8 nitrogen and oxygen atoms in total. The van der Waals surface area contributed by atoms with E-state index < -0.39 is 41.5 Å². The zero-order valence-electron chi connectivity index (χ0n) is 22.3. The zero-order chi connectivity index (χ0) is 27.7. The van der Waals surface area contributed by atoms with Crippen molar-refractivity contribution in [1.82, 2.24) is 20.4 Å². The summed E-state index contributed by atoms with van der Waals surface area (Å²) in [5.74, 6) is -3.49. The molecule has 214 valence electrons. The molecular weight excluding hydrogens is 530 g/mol. The molecule has 0 saturated carbocycles. The van der Waals surface area contributed by atoms with Crippen LogP contribution in [-0.2, 0) is 33.8 Å². The highest BCUT2D eigenvalue weighted by molar-refractivity contribution is 6.35. The van der Waals surface area contributed by atoms with Crippen LogP contribution in [0, 0.1) is 11.6 Å². The van der Waals surface area contributed by atoms with E-state index in [9.17, 15) is 28.3 Å². The number of nitrogens with one attached hydrogen (secondary N) is 2. The van der Waals surface area contributed by atoms with Gasteiger partial charge in [0.25, 0.3) is 0 Å². The Hall–Kier alpha value is -3.08. The number of amides is 3.